The summed E-state index contributed by atoms with van der Waals surface area (Å²) >= 11 is 3.03. The molecule has 1 fully saturated rings. The first-order chi connectivity index (χ1) is 9.47. The summed E-state index contributed by atoms with van der Waals surface area (Å²) in [7, 11) is 0. The second-order valence-electron chi connectivity index (χ2n) is 5.01. The molecule has 1 saturated heterocycles. The van der Waals surface area contributed by atoms with Gasteiger partial charge in [-0.2, -0.15) is 0 Å². The average molecular weight is 382 g/mol. The fourth-order valence-corrected chi connectivity index (χ4v) is 2.54. The van der Waals surface area contributed by atoms with Crippen LogP contribution in [0.1, 0.15) is 13.3 Å². The first kappa shape index (κ1) is 17.9. The number of rotatable bonds is 3. The van der Waals surface area contributed by atoms with E-state index in [2.05, 4.69) is 38.5 Å². The van der Waals surface area contributed by atoms with Crippen LogP contribution in [-0.2, 0) is 11.3 Å². The predicted molar refractivity (Wildman–Crippen MR) is 84.9 cm³/mol. The van der Waals surface area contributed by atoms with Crippen LogP contribution in [0.3, 0.4) is 0 Å². The lowest BCUT2D eigenvalue weighted by molar-refractivity contribution is -0.122. The molecule has 0 spiro atoms. The molecule has 118 valence electrons. The number of amides is 1. The SMILES string of the molecule is CC1CCNCC1NC(=O)Cn1cc(Br)c(=O)[nH]c1=O.Cl. The minimum absolute atomic E-state index is 0. The van der Waals surface area contributed by atoms with Gasteiger partial charge in [-0.05, 0) is 34.8 Å². The smallest absolute Gasteiger partial charge is 0.328 e. The third-order valence-corrected chi connectivity index (χ3v) is 4.02. The molecule has 0 bridgehead atoms. The lowest BCUT2D eigenvalue weighted by atomic mass is 9.95. The molecule has 3 N–H and O–H groups in total. The number of nitrogens with zero attached hydrogens (tertiary/aromatic N) is 1. The summed E-state index contributed by atoms with van der Waals surface area (Å²) in [5.41, 5.74) is -1.10. The minimum Gasteiger partial charge on any atom is -0.350 e. The van der Waals surface area contributed by atoms with Gasteiger partial charge in [-0.15, -0.1) is 12.4 Å². The standard InChI is InChI=1S/C12H17BrN4O3.ClH/c1-7-2-3-14-4-9(7)15-10(18)6-17-5-8(13)11(19)16-12(17)20;/h5,7,9,14H,2-4,6H2,1H3,(H,15,18)(H,16,19,20);1H. The largest absolute Gasteiger partial charge is 0.350 e. The number of aromatic amines is 1. The molecular formula is C12H18BrClN4O3. The first-order valence-corrected chi connectivity index (χ1v) is 7.26. The van der Waals surface area contributed by atoms with Gasteiger partial charge in [0.15, 0.2) is 0 Å². The third kappa shape index (κ3) is 4.69. The zero-order valence-corrected chi connectivity index (χ0v) is 13.9. The van der Waals surface area contributed by atoms with Crippen LogP contribution in [0, 0.1) is 5.92 Å². The van der Waals surface area contributed by atoms with Crippen molar-refractivity contribution in [1.82, 2.24) is 20.2 Å². The van der Waals surface area contributed by atoms with E-state index in [4.69, 9.17) is 0 Å². The topological polar surface area (TPSA) is 96.0 Å². The summed E-state index contributed by atoms with van der Waals surface area (Å²) in [5.74, 6) is 0.158. The summed E-state index contributed by atoms with van der Waals surface area (Å²) in [6.45, 7) is 3.67. The Morgan fingerprint density at radius 3 is 2.90 bits per heavy atom. The van der Waals surface area contributed by atoms with Crippen molar-refractivity contribution in [1.29, 1.82) is 0 Å². The number of aromatic nitrogens is 2. The molecule has 1 aliphatic rings. The van der Waals surface area contributed by atoms with Crippen LogP contribution >= 0.6 is 28.3 Å². The molecule has 2 heterocycles. The van der Waals surface area contributed by atoms with Gasteiger partial charge in [0.2, 0.25) is 5.91 Å². The van der Waals surface area contributed by atoms with Crippen molar-refractivity contribution < 1.29 is 4.79 Å². The number of H-pyrrole nitrogens is 1. The van der Waals surface area contributed by atoms with E-state index in [1.165, 1.54) is 10.8 Å². The molecular weight excluding hydrogens is 364 g/mol. The molecule has 1 aliphatic heterocycles. The molecule has 0 aromatic carbocycles. The highest BCUT2D eigenvalue weighted by molar-refractivity contribution is 9.10. The van der Waals surface area contributed by atoms with Crippen molar-refractivity contribution in [2.24, 2.45) is 5.92 Å². The summed E-state index contributed by atoms with van der Waals surface area (Å²) in [5, 5.41) is 6.13. The van der Waals surface area contributed by atoms with E-state index < -0.39 is 11.2 Å². The second kappa shape index (κ2) is 7.77. The molecule has 7 nitrogen and oxygen atoms in total. The van der Waals surface area contributed by atoms with Gasteiger partial charge in [-0.1, -0.05) is 6.92 Å². The van der Waals surface area contributed by atoms with E-state index in [1.807, 2.05) is 0 Å². The first-order valence-electron chi connectivity index (χ1n) is 6.46. The number of carbonyl (C=O) groups excluding carboxylic acids is 1. The summed E-state index contributed by atoms with van der Waals surface area (Å²) < 4.78 is 1.39. The fourth-order valence-electron chi connectivity index (χ4n) is 2.19. The molecule has 0 aliphatic carbocycles. The van der Waals surface area contributed by atoms with E-state index in [-0.39, 0.29) is 35.4 Å². The number of hydrogen-bond donors (Lipinski definition) is 3. The number of halogens is 2. The fraction of sp³-hybridized carbons (Fsp3) is 0.583. The van der Waals surface area contributed by atoms with Gasteiger partial charge in [0.25, 0.3) is 5.56 Å². The summed E-state index contributed by atoms with van der Waals surface area (Å²) in [6.07, 6.45) is 2.33. The van der Waals surface area contributed by atoms with Gasteiger partial charge in [-0.25, -0.2) is 4.79 Å². The summed E-state index contributed by atoms with van der Waals surface area (Å²) in [4.78, 5) is 36.9. The van der Waals surface area contributed by atoms with Gasteiger partial charge >= 0.3 is 5.69 Å². The van der Waals surface area contributed by atoms with Crippen LogP contribution in [0.25, 0.3) is 0 Å². The highest BCUT2D eigenvalue weighted by Gasteiger charge is 2.22. The maximum Gasteiger partial charge on any atom is 0.328 e. The van der Waals surface area contributed by atoms with Crippen molar-refractivity contribution >= 4 is 34.2 Å². The highest BCUT2D eigenvalue weighted by atomic mass is 79.9. The maximum absolute atomic E-state index is 12.0. The van der Waals surface area contributed by atoms with Crippen molar-refractivity contribution in [3.05, 3.63) is 31.5 Å². The third-order valence-electron chi connectivity index (χ3n) is 3.46. The lowest BCUT2D eigenvalue weighted by Gasteiger charge is -2.30. The Kier molecular flexibility index (Phi) is 6.63. The Morgan fingerprint density at radius 1 is 1.52 bits per heavy atom. The molecule has 1 amide bonds. The second-order valence-corrected chi connectivity index (χ2v) is 5.86. The zero-order chi connectivity index (χ0) is 14.7. The molecule has 1 aromatic heterocycles. The van der Waals surface area contributed by atoms with E-state index in [0.717, 1.165) is 19.5 Å². The van der Waals surface area contributed by atoms with Crippen LogP contribution in [0.4, 0.5) is 0 Å². The van der Waals surface area contributed by atoms with Crippen molar-refractivity contribution in [3.63, 3.8) is 0 Å². The Balaban J connectivity index is 0.00000220. The van der Waals surface area contributed by atoms with E-state index in [1.54, 1.807) is 0 Å². The Morgan fingerprint density at radius 2 is 2.24 bits per heavy atom. The Labute approximate surface area is 136 Å². The van der Waals surface area contributed by atoms with E-state index >= 15 is 0 Å². The highest BCUT2D eigenvalue weighted by Crippen LogP contribution is 2.10. The monoisotopic (exact) mass is 380 g/mol. The molecule has 1 aromatic rings. The van der Waals surface area contributed by atoms with Crippen molar-refractivity contribution in [3.8, 4) is 0 Å². The van der Waals surface area contributed by atoms with Crippen LogP contribution in [-0.4, -0.2) is 34.6 Å². The predicted octanol–water partition coefficient (Wildman–Crippen LogP) is -0.165. The molecule has 0 radical (unpaired) electrons. The number of nitrogens with one attached hydrogen (secondary N) is 3. The maximum atomic E-state index is 12.0. The quantitative estimate of drug-likeness (QED) is 0.678. The van der Waals surface area contributed by atoms with Crippen molar-refractivity contribution in [2.45, 2.75) is 25.9 Å². The van der Waals surface area contributed by atoms with E-state index in [0.29, 0.717) is 5.92 Å². The van der Waals surface area contributed by atoms with Gasteiger partial charge < -0.3 is 10.6 Å². The van der Waals surface area contributed by atoms with Crippen LogP contribution < -0.4 is 21.9 Å². The van der Waals surface area contributed by atoms with Crippen molar-refractivity contribution in [2.75, 3.05) is 13.1 Å². The number of carbonyl (C=O) groups is 1. The van der Waals surface area contributed by atoms with Crippen LogP contribution in [0.15, 0.2) is 20.3 Å². The number of hydrogen-bond acceptors (Lipinski definition) is 4. The average Bonchev–Trinajstić information content (AvgIpc) is 2.39. The Hall–Kier alpha value is -1.12. The molecule has 0 saturated carbocycles. The van der Waals surface area contributed by atoms with Crippen LogP contribution in [0.5, 0.6) is 0 Å². The number of piperidine rings is 1. The summed E-state index contributed by atoms with van der Waals surface area (Å²) in [6, 6.07) is 0.0677. The lowest BCUT2D eigenvalue weighted by Crippen LogP contribution is -2.51. The van der Waals surface area contributed by atoms with Crippen LogP contribution in [0.2, 0.25) is 0 Å². The molecule has 2 atom stereocenters. The normalized spacial score (nSPS) is 21.4. The van der Waals surface area contributed by atoms with Gasteiger partial charge in [0.1, 0.15) is 6.54 Å². The van der Waals surface area contributed by atoms with Gasteiger partial charge in [0, 0.05) is 18.8 Å². The molecule has 9 heteroatoms. The molecule has 2 rings (SSSR count). The minimum atomic E-state index is -0.594. The van der Waals surface area contributed by atoms with Gasteiger partial charge in [-0.3, -0.25) is 19.1 Å². The molecule has 2 unspecified atom stereocenters. The van der Waals surface area contributed by atoms with Gasteiger partial charge in [0.05, 0.1) is 4.47 Å². The zero-order valence-electron chi connectivity index (χ0n) is 11.5. The Bertz CT molecular complexity index is 615. The van der Waals surface area contributed by atoms with E-state index in [9.17, 15) is 14.4 Å². The molecule has 21 heavy (non-hydrogen) atoms.